The average Bonchev–Trinajstić information content (AvgIpc) is 2.84. The molecule has 0 bridgehead atoms. The molecule has 0 radical (unpaired) electrons. The number of aryl methyl sites for hydroxylation is 1. The van der Waals surface area contributed by atoms with Crippen molar-refractivity contribution in [1.29, 1.82) is 0 Å². The lowest BCUT2D eigenvalue weighted by molar-refractivity contribution is -0.385. The molecule has 0 amide bonds. The molecule has 108 valence electrons. The van der Waals surface area contributed by atoms with E-state index in [0.29, 0.717) is 24.7 Å². The summed E-state index contributed by atoms with van der Waals surface area (Å²) < 4.78 is 5.73. The quantitative estimate of drug-likeness (QED) is 0.636. The highest BCUT2D eigenvalue weighted by atomic mass is 16.6. The van der Waals surface area contributed by atoms with Gasteiger partial charge < -0.3 is 15.4 Å². The van der Waals surface area contributed by atoms with Crippen LogP contribution in [0, 0.1) is 17.0 Å². The SMILES string of the molecule is Cc1nc(N)nc(N2CCOC3CCCC32)c1[N+](=O)[O-]. The molecule has 1 aromatic heterocycles. The number of nitrogens with two attached hydrogens (primary N) is 1. The third-order valence-electron chi connectivity index (χ3n) is 3.99. The second-order valence-electron chi connectivity index (χ2n) is 5.20. The van der Waals surface area contributed by atoms with Crippen LogP contribution in [-0.2, 0) is 4.74 Å². The molecule has 8 heteroatoms. The zero-order chi connectivity index (χ0) is 14.3. The largest absolute Gasteiger partial charge is 0.374 e. The number of aromatic nitrogens is 2. The van der Waals surface area contributed by atoms with Crippen molar-refractivity contribution in [2.24, 2.45) is 0 Å². The smallest absolute Gasteiger partial charge is 0.332 e. The Labute approximate surface area is 116 Å². The Morgan fingerprint density at radius 1 is 1.45 bits per heavy atom. The summed E-state index contributed by atoms with van der Waals surface area (Å²) in [4.78, 5) is 20.9. The topological polar surface area (TPSA) is 107 Å². The van der Waals surface area contributed by atoms with Gasteiger partial charge in [-0.2, -0.15) is 4.98 Å². The first kappa shape index (κ1) is 13.0. The molecule has 2 fully saturated rings. The zero-order valence-electron chi connectivity index (χ0n) is 11.3. The van der Waals surface area contributed by atoms with Crippen LogP contribution in [0.2, 0.25) is 0 Å². The van der Waals surface area contributed by atoms with Gasteiger partial charge in [-0.1, -0.05) is 0 Å². The Morgan fingerprint density at radius 3 is 3.00 bits per heavy atom. The third-order valence-corrected chi connectivity index (χ3v) is 3.99. The van der Waals surface area contributed by atoms with Crippen LogP contribution in [0.4, 0.5) is 17.5 Å². The fraction of sp³-hybridized carbons (Fsp3) is 0.667. The molecule has 1 saturated carbocycles. The highest BCUT2D eigenvalue weighted by Gasteiger charge is 2.40. The summed E-state index contributed by atoms with van der Waals surface area (Å²) >= 11 is 0. The number of nitrogen functional groups attached to an aromatic ring is 1. The van der Waals surface area contributed by atoms with E-state index in [1.807, 2.05) is 4.90 Å². The van der Waals surface area contributed by atoms with E-state index in [0.717, 1.165) is 19.3 Å². The fourth-order valence-electron chi connectivity index (χ4n) is 3.18. The van der Waals surface area contributed by atoms with Crippen molar-refractivity contribution >= 4 is 17.5 Å². The molecule has 2 heterocycles. The summed E-state index contributed by atoms with van der Waals surface area (Å²) in [5.41, 5.74) is 5.92. The maximum atomic E-state index is 11.3. The fourth-order valence-corrected chi connectivity index (χ4v) is 3.18. The predicted molar refractivity (Wildman–Crippen MR) is 72.6 cm³/mol. The Kier molecular flexibility index (Phi) is 3.17. The molecule has 2 N–H and O–H groups in total. The summed E-state index contributed by atoms with van der Waals surface area (Å²) in [6, 6.07) is 0.149. The zero-order valence-corrected chi connectivity index (χ0v) is 11.3. The molecule has 8 nitrogen and oxygen atoms in total. The number of hydrogen-bond donors (Lipinski definition) is 1. The van der Waals surface area contributed by atoms with E-state index in [4.69, 9.17) is 10.5 Å². The van der Waals surface area contributed by atoms with Gasteiger partial charge in [-0.3, -0.25) is 10.1 Å². The summed E-state index contributed by atoms with van der Waals surface area (Å²) in [5, 5.41) is 11.3. The van der Waals surface area contributed by atoms with Gasteiger partial charge in [-0.05, 0) is 26.2 Å². The van der Waals surface area contributed by atoms with Gasteiger partial charge in [0.1, 0.15) is 5.69 Å². The van der Waals surface area contributed by atoms with Crippen LogP contribution < -0.4 is 10.6 Å². The van der Waals surface area contributed by atoms with Crippen LogP contribution in [0.25, 0.3) is 0 Å². The van der Waals surface area contributed by atoms with Crippen LogP contribution in [0.1, 0.15) is 25.0 Å². The molecular weight excluding hydrogens is 262 g/mol. The number of fused-ring (bicyclic) bond motifs is 1. The second-order valence-corrected chi connectivity index (χ2v) is 5.20. The molecule has 1 aliphatic carbocycles. The van der Waals surface area contributed by atoms with Crippen molar-refractivity contribution in [2.45, 2.75) is 38.3 Å². The minimum atomic E-state index is -0.427. The predicted octanol–water partition coefficient (Wildman–Crippen LogP) is 1.03. The van der Waals surface area contributed by atoms with Crippen LogP contribution in [0.3, 0.4) is 0 Å². The number of hydrogen-bond acceptors (Lipinski definition) is 7. The van der Waals surface area contributed by atoms with E-state index in [2.05, 4.69) is 9.97 Å². The average molecular weight is 279 g/mol. The van der Waals surface area contributed by atoms with Gasteiger partial charge in [0, 0.05) is 6.54 Å². The van der Waals surface area contributed by atoms with Gasteiger partial charge in [0.25, 0.3) is 0 Å². The number of rotatable bonds is 2. The van der Waals surface area contributed by atoms with Crippen molar-refractivity contribution in [1.82, 2.24) is 9.97 Å². The first-order valence-electron chi connectivity index (χ1n) is 6.74. The maximum absolute atomic E-state index is 11.3. The van der Waals surface area contributed by atoms with Crippen LogP contribution in [0.5, 0.6) is 0 Å². The highest BCUT2D eigenvalue weighted by Crippen LogP contribution is 2.37. The van der Waals surface area contributed by atoms with Crippen molar-refractivity contribution in [3.63, 3.8) is 0 Å². The minimum Gasteiger partial charge on any atom is -0.374 e. The molecule has 2 unspecified atom stereocenters. The maximum Gasteiger partial charge on any atom is 0.332 e. The number of nitrogens with zero attached hydrogens (tertiary/aromatic N) is 4. The summed E-state index contributed by atoms with van der Waals surface area (Å²) in [6.07, 6.45) is 3.17. The summed E-state index contributed by atoms with van der Waals surface area (Å²) in [7, 11) is 0. The van der Waals surface area contributed by atoms with Gasteiger partial charge in [-0.25, -0.2) is 4.98 Å². The molecule has 0 aromatic carbocycles. The third kappa shape index (κ3) is 2.05. The highest BCUT2D eigenvalue weighted by molar-refractivity contribution is 5.63. The van der Waals surface area contributed by atoms with E-state index in [-0.39, 0.29) is 23.8 Å². The van der Waals surface area contributed by atoms with E-state index in [1.54, 1.807) is 6.92 Å². The van der Waals surface area contributed by atoms with Gasteiger partial charge >= 0.3 is 5.69 Å². The molecular formula is C12H17N5O3. The van der Waals surface area contributed by atoms with Gasteiger partial charge in [0.05, 0.1) is 23.7 Å². The number of morpholine rings is 1. The van der Waals surface area contributed by atoms with Gasteiger partial charge in [0.2, 0.25) is 11.8 Å². The normalized spacial score (nSPS) is 25.6. The summed E-state index contributed by atoms with van der Waals surface area (Å²) in [5.74, 6) is 0.407. The van der Waals surface area contributed by atoms with Gasteiger partial charge in [0.15, 0.2) is 0 Å². The second kappa shape index (κ2) is 4.86. The Balaban J connectivity index is 2.06. The number of anilines is 2. The standard InChI is InChI=1S/C12H17N5O3/c1-7-10(17(18)19)11(15-12(13)14-7)16-5-6-20-9-4-2-3-8(9)16/h8-9H,2-6H2,1H3,(H2,13,14,15). The molecule has 3 rings (SSSR count). The minimum absolute atomic E-state index is 0.0493. The van der Waals surface area contributed by atoms with Crippen LogP contribution >= 0.6 is 0 Å². The Morgan fingerprint density at radius 2 is 2.25 bits per heavy atom. The molecule has 1 aliphatic heterocycles. The first-order chi connectivity index (χ1) is 9.58. The first-order valence-corrected chi connectivity index (χ1v) is 6.74. The van der Waals surface area contributed by atoms with Crippen LogP contribution in [-0.4, -0.2) is 40.2 Å². The van der Waals surface area contributed by atoms with E-state index >= 15 is 0 Å². The van der Waals surface area contributed by atoms with Crippen LogP contribution in [0.15, 0.2) is 0 Å². The van der Waals surface area contributed by atoms with E-state index < -0.39 is 4.92 Å². The number of ether oxygens (including phenoxy) is 1. The van der Waals surface area contributed by atoms with Crippen molar-refractivity contribution < 1.29 is 9.66 Å². The van der Waals surface area contributed by atoms with Crippen molar-refractivity contribution in [3.8, 4) is 0 Å². The lowest BCUT2D eigenvalue weighted by atomic mass is 10.1. The summed E-state index contributed by atoms with van der Waals surface area (Å²) in [6.45, 7) is 2.74. The van der Waals surface area contributed by atoms with E-state index in [1.165, 1.54) is 0 Å². The van der Waals surface area contributed by atoms with Crippen molar-refractivity contribution in [3.05, 3.63) is 15.8 Å². The lowest BCUT2D eigenvalue weighted by Crippen LogP contribution is -2.49. The molecule has 1 aromatic rings. The van der Waals surface area contributed by atoms with Gasteiger partial charge in [-0.15, -0.1) is 0 Å². The molecule has 0 spiro atoms. The molecule has 2 aliphatic rings. The lowest BCUT2D eigenvalue weighted by Gasteiger charge is -2.38. The Bertz CT molecular complexity index is 550. The molecule has 20 heavy (non-hydrogen) atoms. The van der Waals surface area contributed by atoms with Crippen molar-refractivity contribution in [2.75, 3.05) is 23.8 Å². The molecule has 1 saturated heterocycles. The monoisotopic (exact) mass is 279 g/mol. The number of nitro groups is 1. The Hall–Kier alpha value is -1.96. The molecule has 2 atom stereocenters. The van der Waals surface area contributed by atoms with E-state index in [9.17, 15) is 10.1 Å².